The molecule has 0 aliphatic carbocycles. The van der Waals surface area contributed by atoms with E-state index in [9.17, 15) is 14.3 Å². The molecule has 0 aliphatic rings. The van der Waals surface area contributed by atoms with Crippen molar-refractivity contribution in [2.45, 2.75) is 25.4 Å². The lowest BCUT2D eigenvalue weighted by atomic mass is 9.84. The van der Waals surface area contributed by atoms with E-state index < -0.39 is 17.4 Å². The maximum atomic E-state index is 13.6. The fourth-order valence-corrected chi connectivity index (χ4v) is 3.16. The molecule has 0 aromatic heterocycles. The van der Waals surface area contributed by atoms with Gasteiger partial charge in [0.2, 0.25) is 0 Å². The molecule has 3 aromatic carbocycles. The van der Waals surface area contributed by atoms with E-state index in [1.807, 2.05) is 30.3 Å². The summed E-state index contributed by atoms with van der Waals surface area (Å²) in [4.78, 5) is 12.1. The van der Waals surface area contributed by atoms with E-state index in [0.29, 0.717) is 22.6 Å². The van der Waals surface area contributed by atoms with Gasteiger partial charge in [0.15, 0.2) is 0 Å². The van der Waals surface area contributed by atoms with Crippen molar-refractivity contribution >= 4 is 5.97 Å². The molecule has 0 radical (unpaired) electrons. The number of hydrogen-bond donors (Lipinski definition) is 1. The van der Waals surface area contributed by atoms with Crippen LogP contribution in [0.4, 0.5) is 4.39 Å². The fourth-order valence-electron chi connectivity index (χ4n) is 3.16. The first-order chi connectivity index (χ1) is 14.0. The number of carbonyl (C=O) groups excluding carboxylic acids is 1. The van der Waals surface area contributed by atoms with Gasteiger partial charge in [-0.3, -0.25) is 4.79 Å². The zero-order chi connectivity index (χ0) is 20.7. The summed E-state index contributed by atoms with van der Waals surface area (Å²) < 4.78 is 24.4. The van der Waals surface area contributed by atoms with Crippen molar-refractivity contribution < 1.29 is 23.8 Å². The Hall–Kier alpha value is -3.18. The van der Waals surface area contributed by atoms with E-state index in [2.05, 4.69) is 0 Å². The zero-order valence-corrected chi connectivity index (χ0v) is 16.2. The molecule has 0 spiro atoms. The van der Waals surface area contributed by atoms with Gasteiger partial charge in [0.1, 0.15) is 22.9 Å². The summed E-state index contributed by atoms with van der Waals surface area (Å²) in [6.07, 6.45) is -0.168. The monoisotopic (exact) mass is 394 g/mol. The highest BCUT2D eigenvalue weighted by Gasteiger charge is 2.33. The van der Waals surface area contributed by atoms with Crippen LogP contribution in [0.25, 0.3) is 0 Å². The molecule has 0 saturated carbocycles. The third-order valence-corrected chi connectivity index (χ3v) is 4.50. The number of esters is 1. The van der Waals surface area contributed by atoms with Crippen LogP contribution >= 0.6 is 0 Å². The number of ether oxygens (including phenoxy) is 2. The summed E-state index contributed by atoms with van der Waals surface area (Å²) in [5.74, 6) is 0.384. The lowest BCUT2D eigenvalue weighted by Crippen LogP contribution is -2.32. The summed E-state index contributed by atoms with van der Waals surface area (Å²) in [6, 6.07) is 22.2. The second kappa shape index (κ2) is 9.34. The highest BCUT2D eigenvalue weighted by atomic mass is 19.1. The highest BCUT2D eigenvalue weighted by molar-refractivity contribution is 5.71. The van der Waals surface area contributed by atoms with Gasteiger partial charge in [0, 0.05) is 6.42 Å². The Morgan fingerprint density at radius 2 is 1.66 bits per heavy atom. The zero-order valence-electron chi connectivity index (χ0n) is 16.2. The minimum absolute atomic E-state index is 0.0719. The fraction of sp³-hybridized carbons (Fsp3) is 0.208. The highest BCUT2D eigenvalue weighted by Crippen LogP contribution is 2.32. The van der Waals surface area contributed by atoms with E-state index in [1.54, 1.807) is 43.3 Å². The van der Waals surface area contributed by atoms with Crippen LogP contribution in [-0.4, -0.2) is 17.7 Å². The largest absolute Gasteiger partial charge is 0.466 e. The third-order valence-electron chi connectivity index (χ3n) is 4.50. The Bertz CT molecular complexity index is 941. The van der Waals surface area contributed by atoms with Gasteiger partial charge >= 0.3 is 5.97 Å². The van der Waals surface area contributed by atoms with Crippen LogP contribution in [-0.2, 0) is 21.6 Å². The summed E-state index contributed by atoms with van der Waals surface area (Å²) in [5.41, 5.74) is -0.428. The van der Waals surface area contributed by atoms with E-state index in [4.69, 9.17) is 9.47 Å². The predicted octanol–water partition coefficient (Wildman–Crippen LogP) is 5.00. The van der Waals surface area contributed by atoms with Crippen molar-refractivity contribution in [1.82, 2.24) is 0 Å². The number of aliphatic hydroxyl groups is 1. The van der Waals surface area contributed by atoms with Crippen LogP contribution in [0.1, 0.15) is 24.5 Å². The van der Waals surface area contributed by atoms with Crippen LogP contribution in [0.3, 0.4) is 0 Å². The standard InChI is InChI=1S/C24H23FO4/c1-2-28-23(26)17-24(27,16-18-7-6-8-20(25)15-18)19-11-13-22(14-12-19)29-21-9-4-3-5-10-21/h3-15,27H,2,16-17H2,1H3. The number of hydrogen-bond acceptors (Lipinski definition) is 4. The summed E-state index contributed by atoms with van der Waals surface area (Å²) in [6.45, 7) is 1.93. The average Bonchev–Trinajstić information content (AvgIpc) is 2.69. The average molecular weight is 394 g/mol. The molecule has 3 rings (SSSR count). The molecular formula is C24H23FO4. The van der Waals surface area contributed by atoms with Crippen molar-refractivity contribution in [3.63, 3.8) is 0 Å². The Kier molecular flexibility index (Phi) is 6.62. The van der Waals surface area contributed by atoms with Crippen molar-refractivity contribution in [3.05, 3.63) is 95.8 Å². The van der Waals surface area contributed by atoms with Gasteiger partial charge < -0.3 is 14.6 Å². The van der Waals surface area contributed by atoms with Crippen LogP contribution in [0, 0.1) is 5.82 Å². The van der Waals surface area contributed by atoms with Gasteiger partial charge in [0.05, 0.1) is 13.0 Å². The number of benzene rings is 3. The number of rotatable bonds is 8. The van der Waals surface area contributed by atoms with Crippen LogP contribution in [0.15, 0.2) is 78.9 Å². The van der Waals surface area contributed by atoms with Crippen molar-refractivity contribution in [2.75, 3.05) is 6.61 Å². The Morgan fingerprint density at radius 3 is 2.31 bits per heavy atom. The van der Waals surface area contributed by atoms with Crippen LogP contribution < -0.4 is 4.74 Å². The van der Waals surface area contributed by atoms with Crippen molar-refractivity contribution in [3.8, 4) is 11.5 Å². The summed E-state index contributed by atoms with van der Waals surface area (Å²) in [7, 11) is 0. The number of halogens is 1. The predicted molar refractivity (Wildman–Crippen MR) is 108 cm³/mol. The summed E-state index contributed by atoms with van der Waals surface area (Å²) >= 11 is 0. The molecule has 4 nitrogen and oxygen atoms in total. The first kappa shape index (κ1) is 20.6. The molecule has 0 amide bonds. The second-order valence-electron chi connectivity index (χ2n) is 6.76. The van der Waals surface area contributed by atoms with Gasteiger partial charge in [-0.05, 0) is 54.4 Å². The normalized spacial score (nSPS) is 12.8. The van der Waals surface area contributed by atoms with Crippen molar-refractivity contribution in [1.29, 1.82) is 0 Å². The lowest BCUT2D eigenvalue weighted by Gasteiger charge is -2.28. The van der Waals surface area contributed by atoms with Gasteiger partial charge in [-0.15, -0.1) is 0 Å². The maximum Gasteiger partial charge on any atom is 0.309 e. The first-order valence-electron chi connectivity index (χ1n) is 9.44. The molecular weight excluding hydrogens is 371 g/mol. The van der Waals surface area contributed by atoms with E-state index in [0.717, 1.165) is 0 Å². The maximum absolute atomic E-state index is 13.6. The number of para-hydroxylation sites is 1. The SMILES string of the molecule is CCOC(=O)CC(O)(Cc1cccc(F)c1)c1ccc(Oc2ccccc2)cc1. The van der Waals surface area contributed by atoms with E-state index in [1.165, 1.54) is 12.1 Å². The molecule has 0 saturated heterocycles. The molecule has 150 valence electrons. The Balaban J connectivity index is 1.85. The molecule has 29 heavy (non-hydrogen) atoms. The van der Waals surface area contributed by atoms with E-state index in [-0.39, 0.29) is 19.4 Å². The molecule has 0 bridgehead atoms. The van der Waals surface area contributed by atoms with Gasteiger partial charge in [0.25, 0.3) is 0 Å². The van der Waals surface area contributed by atoms with Crippen LogP contribution in [0.5, 0.6) is 11.5 Å². The van der Waals surface area contributed by atoms with Crippen LogP contribution in [0.2, 0.25) is 0 Å². The number of carbonyl (C=O) groups is 1. The minimum atomic E-state index is -1.54. The lowest BCUT2D eigenvalue weighted by molar-refractivity contribution is -0.149. The molecule has 0 aliphatic heterocycles. The Labute approximate surface area is 169 Å². The topological polar surface area (TPSA) is 55.8 Å². The third kappa shape index (κ3) is 5.65. The molecule has 3 aromatic rings. The van der Waals surface area contributed by atoms with E-state index >= 15 is 0 Å². The second-order valence-corrected chi connectivity index (χ2v) is 6.76. The smallest absolute Gasteiger partial charge is 0.309 e. The van der Waals surface area contributed by atoms with Gasteiger partial charge in [-0.1, -0.05) is 42.5 Å². The minimum Gasteiger partial charge on any atom is -0.466 e. The first-order valence-corrected chi connectivity index (χ1v) is 9.44. The quantitative estimate of drug-likeness (QED) is 0.546. The van der Waals surface area contributed by atoms with Gasteiger partial charge in [-0.2, -0.15) is 0 Å². The Morgan fingerprint density at radius 1 is 0.966 bits per heavy atom. The molecule has 1 unspecified atom stereocenters. The molecule has 0 heterocycles. The van der Waals surface area contributed by atoms with Crippen molar-refractivity contribution in [2.24, 2.45) is 0 Å². The molecule has 0 fully saturated rings. The molecule has 1 atom stereocenters. The molecule has 5 heteroatoms. The molecule has 1 N–H and O–H groups in total. The summed E-state index contributed by atoms with van der Waals surface area (Å²) in [5, 5.41) is 11.3. The van der Waals surface area contributed by atoms with Gasteiger partial charge in [-0.25, -0.2) is 4.39 Å².